The number of rotatable bonds is 3. The van der Waals surface area contributed by atoms with E-state index in [4.69, 9.17) is 22.0 Å². The predicted molar refractivity (Wildman–Crippen MR) is 80.6 cm³/mol. The van der Waals surface area contributed by atoms with Gasteiger partial charge >= 0.3 is 5.97 Å². The minimum atomic E-state index is -0.992. The number of halogens is 2. The van der Waals surface area contributed by atoms with Crippen molar-refractivity contribution in [1.82, 2.24) is 0 Å². The molecule has 0 spiro atoms. The Balaban J connectivity index is 2.31. The topological polar surface area (TPSA) is 73.1 Å². The Morgan fingerprint density at radius 2 is 1.95 bits per heavy atom. The van der Waals surface area contributed by atoms with Gasteiger partial charge in [-0.15, -0.1) is 0 Å². The highest BCUT2D eigenvalue weighted by molar-refractivity contribution is 9.10. The molecule has 0 atom stereocenters. The van der Waals surface area contributed by atoms with Gasteiger partial charge < -0.3 is 10.4 Å². The number of anilines is 2. The van der Waals surface area contributed by atoms with Gasteiger partial charge in [-0.3, -0.25) is 0 Å². The van der Waals surface area contributed by atoms with E-state index in [1.807, 2.05) is 6.07 Å². The average Bonchev–Trinajstić information content (AvgIpc) is 2.42. The van der Waals surface area contributed by atoms with Gasteiger partial charge in [-0.2, -0.15) is 5.26 Å². The highest BCUT2D eigenvalue weighted by Crippen LogP contribution is 2.31. The lowest BCUT2D eigenvalue weighted by Crippen LogP contribution is -1.98. The highest BCUT2D eigenvalue weighted by atomic mass is 79.9. The first-order valence-electron chi connectivity index (χ1n) is 5.51. The Labute approximate surface area is 128 Å². The van der Waals surface area contributed by atoms with Crippen LogP contribution in [0.2, 0.25) is 5.02 Å². The van der Waals surface area contributed by atoms with Crippen molar-refractivity contribution < 1.29 is 9.90 Å². The van der Waals surface area contributed by atoms with E-state index in [9.17, 15) is 4.79 Å². The first-order valence-corrected chi connectivity index (χ1v) is 6.68. The van der Waals surface area contributed by atoms with Crippen LogP contribution in [0.1, 0.15) is 15.9 Å². The highest BCUT2D eigenvalue weighted by Gasteiger charge is 2.08. The van der Waals surface area contributed by atoms with E-state index >= 15 is 0 Å². The van der Waals surface area contributed by atoms with Crippen LogP contribution in [-0.2, 0) is 0 Å². The number of hydrogen-bond donors (Lipinski definition) is 2. The Morgan fingerprint density at radius 1 is 1.25 bits per heavy atom. The fourth-order valence-electron chi connectivity index (χ4n) is 1.58. The summed E-state index contributed by atoms with van der Waals surface area (Å²) in [5, 5.41) is 21.2. The van der Waals surface area contributed by atoms with Crippen LogP contribution < -0.4 is 5.32 Å². The standard InChI is InChI=1S/C14H8BrClN2O2/c15-10-6-9(14(19)20)2-4-12(10)18-13-3-1-8(7-17)5-11(13)16/h1-6,18H,(H,19,20). The molecule has 0 saturated carbocycles. The van der Waals surface area contributed by atoms with Gasteiger partial charge in [0.15, 0.2) is 0 Å². The Hall–Kier alpha value is -2.03. The maximum atomic E-state index is 10.9. The number of carboxylic acids is 1. The molecule has 0 bridgehead atoms. The molecule has 2 aromatic rings. The van der Waals surface area contributed by atoms with Crippen LogP contribution in [-0.4, -0.2) is 11.1 Å². The molecule has 0 aliphatic heterocycles. The van der Waals surface area contributed by atoms with E-state index in [1.165, 1.54) is 12.1 Å². The van der Waals surface area contributed by atoms with Gasteiger partial charge in [0, 0.05) is 4.47 Å². The number of nitrogens with one attached hydrogen (secondary N) is 1. The van der Waals surface area contributed by atoms with Crippen molar-refractivity contribution in [2.45, 2.75) is 0 Å². The van der Waals surface area contributed by atoms with Gasteiger partial charge in [0.25, 0.3) is 0 Å². The first-order chi connectivity index (χ1) is 9.51. The summed E-state index contributed by atoms with van der Waals surface area (Å²) in [6, 6.07) is 11.5. The van der Waals surface area contributed by atoms with Crippen molar-refractivity contribution in [2.75, 3.05) is 5.32 Å². The zero-order valence-corrected chi connectivity index (χ0v) is 12.4. The van der Waals surface area contributed by atoms with Crippen molar-refractivity contribution in [3.05, 3.63) is 57.0 Å². The summed E-state index contributed by atoms with van der Waals surface area (Å²) >= 11 is 9.37. The molecule has 0 fully saturated rings. The van der Waals surface area contributed by atoms with Gasteiger partial charge in [-0.05, 0) is 52.3 Å². The van der Waals surface area contributed by atoms with Gasteiger partial charge in [0.05, 0.1) is 33.6 Å². The molecule has 2 rings (SSSR count). The number of hydrogen-bond acceptors (Lipinski definition) is 3. The number of nitrogens with zero attached hydrogens (tertiary/aromatic N) is 1. The molecule has 0 aromatic heterocycles. The molecule has 2 aromatic carbocycles. The summed E-state index contributed by atoms with van der Waals surface area (Å²) in [6.45, 7) is 0. The third-order valence-corrected chi connectivity index (χ3v) is 3.55. The van der Waals surface area contributed by atoms with E-state index in [-0.39, 0.29) is 5.56 Å². The molecule has 0 amide bonds. The summed E-state index contributed by atoms with van der Waals surface area (Å²) in [5.41, 5.74) is 1.98. The summed E-state index contributed by atoms with van der Waals surface area (Å²) in [7, 11) is 0. The molecule has 0 aliphatic carbocycles. The van der Waals surface area contributed by atoms with E-state index in [0.29, 0.717) is 26.4 Å². The SMILES string of the molecule is N#Cc1ccc(Nc2ccc(C(=O)O)cc2Br)c(Cl)c1. The molecule has 100 valence electrons. The van der Waals surface area contributed by atoms with Crippen LogP contribution in [0.4, 0.5) is 11.4 Å². The molecule has 0 saturated heterocycles. The lowest BCUT2D eigenvalue weighted by Gasteiger charge is -2.11. The molecule has 6 heteroatoms. The Bertz CT molecular complexity index is 726. The van der Waals surface area contributed by atoms with E-state index < -0.39 is 5.97 Å². The first kappa shape index (κ1) is 14.4. The van der Waals surface area contributed by atoms with Crippen molar-refractivity contribution in [2.24, 2.45) is 0 Å². The second-order valence-corrected chi connectivity index (χ2v) is 5.19. The third-order valence-electron chi connectivity index (χ3n) is 2.58. The van der Waals surface area contributed by atoms with Crippen LogP contribution in [0.5, 0.6) is 0 Å². The maximum absolute atomic E-state index is 10.9. The maximum Gasteiger partial charge on any atom is 0.335 e. The summed E-state index contributed by atoms with van der Waals surface area (Å²) in [6.07, 6.45) is 0. The largest absolute Gasteiger partial charge is 0.478 e. The minimum absolute atomic E-state index is 0.188. The van der Waals surface area contributed by atoms with Crippen LogP contribution in [0.3, 0.4) is 0 Å². The van der Waals surface area contributed by atoms with Crippen LogP contribution in [0, 0.1) is 11.3 Å². The normalized spacial score (nSPS) is 9.85. The molecule has 0 aliphatic rings. The monoisotopic (exact) mass is 350 g/mol. The average molecular weight is 352 g/mol. The third kappa shape index (κ3) is 3.10. The molecular weight excluding hydrogens is 344 g/mol. The fourth-order valence-corrected chi connectivity index (χ4v) is 2.29. The lowest BCUT2D eigenvalue weighted by atomic mass is 10.2. The molecule has 0 heterocycles. The quantitative estimate of drug-likeness (QED) is 0.858. The Kier molecular flexibility index (Phi) is 4.28. The summed E-state index contributed by atoms with van der Waals surface area (Å²) in [4.78, 5) is 10.9. The number of aromatic carboxylic acids is 1. The van der Waals surface area contributed by atoms with Gasteiger partial charge in [0.1, 0.15) is 0 Å². The van der Waals surface area contributed by atoms with E-state index in [0.717, 1.165) is 0 Å². The number of carboxylic acid groups (broad SMARTS) is 1. The number of carbonyl (C=O) groups is 1. The van der Waals surface area contributed by atoms with Crippen LogP contribution in [0.25, 0.3) is 0 Å². The molecular formula is C14H8BrClN2O2. The van der Waals surface area contributed by atoms with E-state index in [1.54, 1.807) is 24.3 Å². The molecule has 20 heavy (non-hydrogen) atoms. The Morgan fingerprint density at radius 3 is 2.50 bits per heavy atom. The zero-order chi connectivity index (χ0) is 14.7. The van der Waals surface area contributed by atoms with Gasteiger partial charge in [-0.25, -0.2) is 4.79 Å². The predicted octanol–water partition coefficient (Wildman–Crippen LogP) is 4.42. The second-order valence-electron chi connectivity index (χ2n) is 3.93. The molecule has 0 unspecified atom stereocenters. The van der Waals surface area contributed by atoms with E-state index in [2.05, 4.69) is 21.2 Å². The number of benzene rings is 2. The van der Waals surface area contributed by atoms with Gasteiger partial charge in [0.2, 0.25) is 0 Å². The summed E-state index contributed by atoms with van der Waals surface area (Å²) in [5.74, 6) is -0.992. The van der Waals surface area contributed by atoms with Crippen LogP contribution >= 0.6 is 27.5 Å². The fraction of sp³-hybridized carbons (Fsp3) is 0. The molecule has 4 nitrogen and oxygen atoms in total. The smallest absolute Gasteiger partial charge is 0.335 e. The summed E-state index contributed by atoms with van der Waals surface area (Å²) < 4.78 is 0.609. The van der Waals surface area contributed by atoms with Gasteiger partial charge in [-0.1, -0.05) is 11.6 Å². The number of nitriles is 1. The molecule has 2 N–H and O–H groups in total. The van der Waals surface area contributed by atoms with Crippen molar-refractivity contribution in [3.8, 4) is 6.07 Å². The molecule has 0 radical (unpaired) electrons. The minimum Gasteiger partial charge on any atom is -0.478 e. The van der Waals surface area contributed by atoms with Crippen LogP contribution in [0.15, 0.2) is 40.9 Å². The zero-order valence-electron chi connectivity index (χ0n) is 10.0. The second kappa shape index (κ2) is 5.95. The lowest BCUT2D eigenvalue weighted by molar-refractivity contribution is 0.0697. The van der Waals surface area contributed by atoms with Crippen molar-refractivity contribution in [1.29, 1.82) is 5.26 Å². The van der Waals surface area contributed by atoms with Crippen molar-refractivity contribution in [3.63, 3.8) is 0 Å². The van der Waals surface area contributed by atoms with Crippen molar-refractivity contribution >= 4 is 44.9 Å².